The number of hydrogen-bond donors (Lipinski definition) is 0. The number of rotatable bonds is 2. The third kappa shape index (κ3) is 7.84. The smallest absolute Gasteiger partial charge is 0.104 e. The van der Waals surface area contributed by atoms with E-state index in [-0.39, 0.29) is 0 Å². The minimum absolute atomic E-state index is 1.11. The standard InChI is InChI=1S/C20H38I2Si/c21-23(22,19-15-11-7-3-1-4-8-12-16-19)20-17-13-9-5-2-6-10-14-18-20/h19-20H,1-18H2. The molecule has 2 rings (SSSR count). The van der Waals surface area contributed by atoms with Gasteiger partial charge in [0.2, 0.25) is 0 Å². The summed E-state index contributed by atoms with van der Waals surface area (Å²) in [5.41, 5.74) is 2.21. The maximum Gasteiger partial charge on any atom is 0.197 e. The summed E-state index contributed by atoms with van der Waals surface area (Å²) in [5, 5.41) is 0. The summed E-state index contributed by atoms with van der Waals surface area (Å²) in [6.07, 6.45) is 27.4. The fraction of sp³-hybridized carbons (Fsp3) is 1.00. The van der Waals surface area contributed by atoms with E-state index in [4.69, 9.17) is 0 Å². The van der Waals surface area contributed by atoms with Gasteiger partial charge >= 0.3 is 0 Å². The normalized spacial score (nSPS) is 25.8. The minimum atomic E-state index is -1.15. The second kappa shape index (κ2) is 12.1. The Bertz CT molecular complexity index is 258. The van der Waals surface area contributed by atoms with Crippen LogP contribution in [-0.4, -0.2) is 3.07 Å². The van der Waals surface area contributed by atoms with E-state index in [0.29, 0.717) is 0 Å². The fourth-order valence-electron chi connectivity index (χ4n) is 4.72. The van der Waals surface area contributed by atoms with Gasteiger partial charge in [-0.25, -0.2) is 0 Å². The molecule has 3 heteroatoms. The molecule has 0 bridgehead atoms. The van der Waals surface area contributed by atoms with Crippen molar-refractivity contribution in [2.45, 2.75) is 127 Å². The molecule has 0 radical (unpaired) electrons. The van der Waals surface area contributed by atoms with Gasteiger partial charge in [-0.2, -0.15) is 0 Å². The van der Waals surface area contributed by atoms with Crippen LogP contribution in [0.1, 0.15) is 116 Å². The summed E-state index contributed by atoms with van der Waals surface area (Å²) < 4.78 is -1.15. The molecule has 0 spiro atoms. The van der Waals surface area contributed by atoms with E-state index in [0.717, 1.165) is 11.1 Å². The second-order valence-electron chi connectivity index (χ2n) is 8.17. The molecule has 2 fully saturated rings. The zero-order valence-electron chi connectivity index (χ0n) is 15.1. The van der Waals surface area contributed by atoms with Gasteiger partial charge in [-0.15, -0.1) is 43.6 Å². The quantitative estimate of drug-likeness (QED) is 0.180. The molecule has 0 N–H and O–H groups in total. The first-order valence-corrected chi connectivity index (χ1v) is 19.0. The Morgan fingerprint density at radius 3 is 0.870 bits per heavy atom. The third-order valence-electron chi connectivity index (χ3n) is 6.30. The van der Waals surface area contributed by atoms with Crippen molar-refractivity contribution >= 4 is 46.7 Å². The van der Waals surface area contributed by atoms with Crippen molar-refractivity contribution in [1.82, 2.24) is 0 Å². The Morgan fingerprint density at radius 2 is 0.609 bits per heavy atom. The summed E-state index contributed by atoms with van der Waals surface area (Å²) in [4.78, 5) is 0. The monoisotopic (exact) mass is 560 g/mol. The molecule has 0 atom stereocenters. The molecule has 0 unspecified atom stereocenters. The van der Waals surface area contributed by atoms with E-state index in [1.54, 1.807) is 25.7 Å². The first-order valence-electron chi connectivity index (χ1n) is 10.6. The Labute approximate surface area is 172 Å². The molecule has 2 aliphatic rings. The minimum Gasteiger partial charge on any atom is -0.104 e. The Kier molecular flexibility index (Phi) is 11.1. The first-order chi connectivity index (χ1) is 11.2. The molecule has 0 saturated heterocycles. The molecule has 0 aromatic rings. The zero-order valence-corrected chi connectivity index (χ0v) is 20.5. The molecule has 0 heterocycles. The van der Waals surface area contributed by atoms with Crippen molar-refractivity contribution in [2.24, 2.45) is 0 Å². The molecule has 0 aliphatic heterocycles. The largest absolute Gasteiger partial charge is 0.197 e. The van der Waals surface area contributed by atoms with Crippen LogP contribution in [0.4, 0.5) is 0 Å². The van der Waals surface area contributed by atoms with E-state index in [1.165, 1.54) is 89.9 Å². The summed E-state index contributed by atoms with van der Waals surface area (Å²) in [6, 6.07) is 0. The summed E-state index contributed by atoms with van der Waals surface area (Å²) in [7, 11) is 0. The van der Waals surface area contributed by atoms with Crippen molar-refractivity contribution in [3.63, 3.8) is 0 Å². The molecular formula is C20H38I2Si. The van der Waals surface area contributed by atoms with Crippen LogP contribution in [0, 0.1) is 0 Å². The average Bonchev–Trinajstić information content (AvgIpc) is 2.57. The van der Waals surface area contributed by atoms with Crippen LogP contribution in [0.5, 0.6) is 0 Å². The Balaban J connectivity index is 1.95. The van der Waals surface area contributed by atoms with Gasteiger partial charge in [0, 0.05) is 0 Å². The van der Waals surface area contributed by atoms with Crippen molar-refractivity contribution in [3.05, 3.63) is 0 Å². The van der Waals surface area contributed by atoms with E-state index >= 15 is 0 Å². The lowest BCUT2D eigenvalue weighted by Gasteiger charge is -2.37. The van der Waals surface area contributed by atoms with Crippen LogP contribution in [0.2, 0.25) is 11.1 Å². The van der Waals surface area contributed by atoms with E-state index in [1.807, 2.05) is 0 Å². The van der Waals surface area contributed by atoms with Crippen LogP contribution < -0.4 is 0 Å². The highest BCUT2D eigenvalue weighted by Gasteiger charge is 2.42. The van der Waals surface area contributed by atoms with Crippen LogP contribution >= 0.6 is 43.6 Å². The predicted molar refractivity (Wildman–Crippen MR) is 124 cm³/mol. The average molecular weight is 560 g/mol. The van der Waals surface area contributed by atoms with E-state index < -0.39 is 3.07 Å². The Morgan fingerprint density at radius 1 is 0.391 bits per heavy atom. The van der Waals surface area contributed by atoms with Gasteiger partial charge in [-0.3, -0.25) is 0 Å². The Hall–Kier alpha value is 1.68. The third-order valence-corrected chi connectivity index (χ3v) is 20.2. The highest BCUT2D eigenvalue weighted by Crippen LogP contribution is 2.53. The molecule has 0 aromatic heterocycles. The van der Waals surface area contributed by atoms with Gasteiger partial charge in [0.05, 0.1) is 0 Å². The number of hydrogen-bond acceptors (Lipinski definition) is 0. The first kappa shape index (κ1) is 21.0. The molecule has 23 heavy (non-hydrogen) atoms. The van der Waals surface area contributed by atoms with Crippen LogP contribution in [-0.2, 0) is 0 Å². The van der Waals surface area contributed by atoms with E-state index in [2.05, 4.69) is 43.6 Å². The van der Waals surface area contributed by atoms with Gasteiger partial charge in [0.1, 0.15) is 0 Å². The van der Waals surface area contributed by atoms with Crippen molar-refractivity contribution < 1.29 is 0 Å². The lowest BCUT2D eigenvalue weighted by molar-refractivity contribution is 0.480. The molecular weight excluding hydrogens is 522 g/mol. The highest BCUT2D eigenvalue weighted by molar-refractivity contribution is 14.3. The molecule has 136 valence electrons. The van der Waals surface area contributed by atoms with Gasteiger partial charge in [0.25, 0.3) is 0 Å². The molecule has 0 nitrogen and oxygen atoms in total. The van der Waals surface area contributed by atoms with Gasteiger partial charge < -0.3 is 0 Å². The second-order valence-corrected chi connectivity index (χ2v) is 28.1. The highest BCUT2D eigenvalue weighted by atomic mass is 127. The van der Waals surface area contributed by atoms with Crippen molar-refractivity contribution in [2.75, 3.05) is 0 Å². The predicted octanol–water partition coefficient (Wildman–Crippen LogP) is 9.09. The zero-order chi connectivity index (χ0) is 16.4. The SMILES string of the molecule is I[Si](I)(C1CCCCCCCCC1)C1CCCCCCCCC1. The topological polar surface area (TPSA) is 0 Å². The molecule has 0 aromatic carbocycles. The lowest BCUT2D eigenvalue weighted by atomic mass is 10.00. The lowest BCUT2D eigenvalue weighted by Crippen LogP contribution is -2.32. The van der Waals surface area contributed by atoms with E-state index in [9.17, 15) is 0 Å². The van der Waals surface area contributed by atoms with Crippen LogP contribution in [0.3, 0.4) is 0 Å². The number of halogens is 2. The van der Waals surface area contributed by atoms with Crippen molar-refractivity contribution in [3.8, 4) is 0 Å². The van der Waals surface area contributed by atoms with Gasteiger partial charge in [-0.05, 0) is 11.1 Å². The molecule has 2 aliphatic carbocycles. The summed E-state index contributed by atoms with van der Waals surface area (Å²) >= 11 is 6.09. The van der Waals surface area contributed by atoms with Crippen molar-refractivity contribution in [1.29, 1.82) is 0 Å². The maximum atomic E-state index is 3.04. The molecule has 0 amide bonds. The van der Waals surface area contributed by atoms with Gasteiger partial charge in [0.15, 0.2) is 3.07 Å². The molecule has 2 saturated carbocycles. The maximum absolute atomic E-state index is 3.04. The fourth-order valence-corrected chi connectivity index (χ4v) is 15.2. The van der Waals surface area contributed by atoms with Gasteiger partial charge in [-0.1, -0.05) is 116 Å². The van der Waals surface area contributed by atoms with Crippen LogP contribution in [0.25, 0.3) is 0 Å². The summed E-state index contributed by atoms with van der Waals surface area (Å²) in [6.45, 7) is 0. The summed E-state index contributed by atoms with van der Waals surface area (Å²) in [5.74, 6) is 0. The van der Waals surface area contributed by atoms with Crippen LogP contribution in [0.15, 0.2) is 0 Å².